The molecule has 1 atom stereocenters. The van der Waals surface area contributed by atoms with E-state index in [2.05, 4.69) is 0 Å². The molecule has 0 radical (unpaired) electrons. The Labute approximate surface area is 56.9 Å². The minimum absolute atomic E-state index is 0.0154. The lowest BCUT2D eigenvalue weighted by molar-refractivity contribution is 0.322. The van der Waals surface area contributed by atoms with Crippen molar-refractivity contribution < 1.29 is 15.3 Å². The number of aliphatic hydroxyl groups excluding tert-OH is 2. The average molecular weight is 152 g/mol. The van der Waals surface area contributed by atoms with Crippen molar-refractivity contribution >= 4 is 15.7 Å². The van der Waals surface area contributed by atoms with Crippen LogP contribution in [0.3, 0.4) is 0 Å². The second kappa shape index (κ2) is 4.93. The van der Waals surface area contributed by atoms with E-state index in [0.717, 1.165) is 0 Å². The van der Waals surface area contributed by atoms with Gasteiger partial charge in [-0.15, -0.1) is 10.5 Å². The van der Waals surface area contributed by atoms with Gasteiger partial charge in [0.1, 0.15) is 0 Å². The van der Waals surface area contributed by atoms with Crippen LogP contribution in [0.25, 0.3) is 0 Å². The maximum atomic E-state index is 8.52. The third-order valence-corrected chi connectivity index (χ3v) is 2.83. The second-order valence-electron chi connectivity index (χ2n) is 1.49. The molecule has 9 heavy (non-hydrogen) atoms. The normalized spacial score (nSPS) is 13.3. The molecule has 0 bridgehead atoms. The molecule has 0 amide bonds. The Balaban J connectivity index is 3.83. The van der Waals surface area contributed by atoms with Crippen molar-refractivity contribution in [3.63, 3.8) is 0 Å². The van der Waals surface area contributed by atoms with Crippen molar-refractivity contribution in [1.82, 2.24) is 0 Å². The molecular weight excluding hydrogens is 140 g/mol. The molecule has 4 heteroatoms. The Morgan fingerprint density at radius 2 is 2.00 bits per heavy atom. The van der Waals surface area contributed by atoms with E-state index in [1.807, 2.05) is 6.92 Å². The summed E-state index contributed by atoms with van der Waals surface area (Å²) in [4.78, 5) is 0. The van der Waals surface area contributed by atoms with Gasteiger partial charge in [-0.3, -0.25) is 0 Å². The highest BCUT2D eigenvalue weighted by atomic mass is 32.2. The standard InChI is InChI=1S/C5H12O3S/c1-2-9(4-3-6)5(7)8/h6-8H,2-4H2,1H3. The lowest BCUT2D eigenvalue weighted by Crippen LogP contribution is -2.00. The Bertz CT molecular complexity index is 107. The van der Waals surface area contributed by atoms with Gasteiger partial charge in [0.15, 0.2) is 0 Å². The summed E-state index contributed by atoms with van der Waals surface area (Å²) >= 11 is 0. The van der Waals surface area contributed by atoms with Crippen LogP contribution in [0.4, 0.5) is 0 Å². The van der Waals surface area contributed by atoms with Gasteiger partial charge in [-0.1, -0.05) is 6.92 Å². The molecule has 0 aromatic heterocycles. The van der Waals surface area contributed by atoms with Gasteiger partial charge in [-0.25, -0.2) is 0 Å². The van der Waals surface area contributed by atoms with Crippen LogP contribution >= 0.6 is 10.5 Å². The van der Waals surface area contributed by atoms with Gasteiger partial charge in [-0.05, 0) is 5.75 Å². The van der Waals surface area contributed by atoms with Crippen LogP contribution in [0.15, 0.2) is 0 Å². The second-order valence-corrected chi connectivity index (χ2v) is 3.83. The lowest BCUT2D eigenvalue weighted by atomic mass is 10.9. The maximum absolute atomic E-state index is 8.52. The molecule has 0 spiro atoms. The summed E-state index contributed by atoms with van der Waals surface area (Å²) < 4.78 is 0. The van der Waals surface area contributed by atoms with Crippen molar-refractivity contribution in [1.29, 1.82) is 0 Å². The van der Waals surface area contributed by atoms with E-state index in [9.17, 15) is 0 Å². The van der Waals surface area contributed by atoms with Crippen LogP contribution in [0.5, 0.6) is 0 Å². The molecule has 56 valence electrons. The maximum Gasteiger partial charge on any atom is 0.205 e. The summed E-state index contributed by atoms with van der Waals surface area (Å²) in [5.41, 5.74) is 0. The van der Waals surface area contributed by atoms with Crippen molar-refractivity contribution in [2.45, 2.75) is 6.92 Å². The first-order valence-electron chi connectivity index (χ1n) is 2.75. The smallest absolute Gasteiger partial charge is 0.205 e. The molecule has 0 aliphatic rings. The quantitative estimate of drug-likeness (QED) is 0.515. The zero-order valence-electron chi connectivity index (χ0n) is 5.37. The first kappa shape index (κ1) is 9.10. The summed E-state index contributed by atoms with van der Waals surface area (Å²) in [6.45, 7) is 1.87. The predicted octanol–water partition coefficient (Wildman–Crippen LogP) is 0.471. The van der Waals surface area contributed by atoms with E-state index in [0.29, 0.717) is 11.5 Å². The van der Waals surface area contributed by atoms with Crippen molar-refractivity contribution in [3.05, 3.63) is 0 Å². The van der Waals surface area contributed by atoms with E-state index >= 15 is 0 Å². The van der Waals surface area contributed by atoms with E-state index in [4.69, 9.17) is 15.3 Å². The van der Waals surface area contributed by atoms with Crippen LogP contribution in [-0.2, 0) is 0 Å². The van der Waals surface area contributed by atoms with Gasteiger partial charge < -0.3 is 15.3 Å². The topological polar surface area (TPSA) is 60.7 Å². The molecule has 0 saturated carbocycles. The average Bonchev–Trinajstić information content (AvgIpc) is 1.82. The fourth-order valence-corrected chi connectivity index (χ4v) is 1.42. The molecular formula is C5H12O3S. The van der Waals surface area contributed by atoms with E-state index in [1.54, 1.807) is 0 Å². The molecule has 1 unspecified atom stereocenters. The van der Waals surface area contributed by atoms with Crippen molar-refractivity contribution in [3.8, 4) is 0 Å². The van der Waals surface area contributed by atoms with Gasteiger partial charge in [0.05, 0.1) is 6.61 Å². The third-order valence-electron chi connectivity index (χ3n) is 0.944. The van der Waals surface area contributed by atoms with E-state index < -0.39 is 15.7 Å². The number of hydrogen-bond donors (Lipinski definition) is 3. The Hall–Kier alpha value is 0.100. The van der Waals surface area contributed by atoms with Crippen LogP contribution in [0.1, 0.15) is 6.92 Å². The molecule has 0 rings (SSSR count). The summed E-state index contributed by atoms with van der Waals surface area (Å²) in [5.74, 6) is 1.14. The molecule has 0 saturated heterocycles. The van der Waals surface area contributed by atoms with E-state index in [1.165, 1.54) is 0 Å². The summed E-state index contributed by atoms with van der Waals surface area (Å²) in [6.07, 6.45) is 0. The minimum Gasteiger partial charge on any atom is -0.396 e. The number of hydrogen-bond acceptors (Lipinski definition) is 1. The van der Waals surface area contributed by atoms with Crippen molar-refractivity contribution in [2.75, 3.05) is 18.1 Å². The lowest BCUT2D eigenvalue weighted by Gasteiger charge is -2.02. The van der Waals surface area contributed by atoms with Gasteiger partial charge in [0.25, 0.3) is 0 Å². The highest BCUT2D eigenvalue weighted by Gasteiger charge is 1.95. The van der Waals surface area contributed by atoms with Crippen LogP contribution in [0.2, 0.25) is 0 Å². The molecule has 0 heterocycles. The Morgan fingerprint density at radius 1 is 1.44 bits per heavy atom. The first-order valence-corrected chi connectivity index (χ1v) is 4.31. The zero-order valence-corrected chi connectivity index (χ0v) is 6.19. The molecule has 3 nitrogen and oxygen atoms in total. The molecule has 0 aromatic rings. The van der Waals surface area contributed by atoms with Crippen LogP contribution in [-0.4, -0.2) is 38.7 Å². The number of aliphatic hydroxyl groups is 3. The number of rotatable bonds is 3. The molecule has 0 fully saturated rings. The van der Waals surface area contributed by atoms with Crippen molar-refractivity contribution in [2.24, 2.45) is 0 Å². The van der Waals surface area contributed by atoms with Gasteiger partial charge >= 0.3 is 0 Å². The third kappa shape index (κ3) is 3.64. The molecule has 0 aliphatic carbocycles. The van der Waals surface area contributed by atoms with Gasteiger partial charge in [-0.2, -0.15) is 0 Å². The summed E-state index contributed by atoms with van der Waals surface area (Å²) in [5, 5.41) is 24.9. The van der Waals surface area contributed by atoms with Gasteiger partial charge in [0, 0.05) is 5.75 Å². The van der Waals surface area contributed by atoms with Crippen LogP contribution < -0.4 is 0 Å². The largest absolute Gasteiger partial charge is 0.396 e. The van der Waals surface area contributed by atoms with E-state index in [-0.39, 0.29) is 6.61 Å². The molecule has 0 aromatic carbocycles. The summed E-state index contributed by atoms with van der Waals surface area (Å²) in [6, 6.07) is 0. The summed E-state index contributed by atoms with van der Waals surface area (Å²) in [7, 11) is -0.505. The molecule has 3 N–H and O–H groups in total. The Morgan fingerprint density at radius 3 is 2.11 bits per heavy atom. The zero-order chi connectivity index (χ0) is 7.28. The highest BCUT2D eigenvalue weighted by molar-refractivity contribution is 8.15. The SMILES string of the molecule is CCS(CCO)=C(O)O. The van der Waals surface area contributed by atoms with Gasteiger partial charge in [0.2, 0.25) is 5.24 Å². The first-order chi connectivity index (χ1) is 4.22. The fourth-order valence-electron chi connectivity index (χ4n) is 0.475. The minimum atomic E-state index is -0.536. The predicted molar refractivity (Wildman–Crippen MR) is 40.3 cm³/mol. The molecule has 0 aliphatic heterocycles. The monoisotopic (exact) mass is 152 g/mol. The van der Waals surface area contributed by atoms with Crippen LogP contribution in [0, 0.1) is 0 Å². The fraction of sp³-hybridized carbons (Fsp3) is 0.800. The highest BCUT2D eigenvalue weighted by Crippen LogP contribution is 2.10. The Kier molecular flexibility index (Phi) is 4.99.